The fourth-order valence-electron chi connectivity index (χ4n) is 1.24. The highest BCUT2D eigenvalue weighted by Crippen LogP contribution is 2.22. The van der Waals surface area contributed by atoms with E-state index in [1.165, 1.54) is 30.3 Å². The molecule has 0 aromatic heterocycles. The van der Waals surface area contributed by atoms with E-state index in [-0.39, 0.29) is 17.4 Å². The molecule has 17 heavy (non-hydrogen) atoms. The van der Waals surface area contributed by atoms with Crippen LogP contribution in [0.4, 0.5) is 0 Å². The van der Waals surface area contributed by atoms with Crippen molar-refractivity contribution in [1.82, 2.24) is 0 Å². The zero-order valence-electron chi connectivity index (χ0n) is 12.7. The number of benzene rings is 2. The molecule has 0 saturated carbocycles. The van der Waals surface area contributed by atoms with Gasteiger partial charge < -0.3 is 15.3 Å². The van der Waals surface area contributed by atoms with Crippen LogP contribution >= 0.6 is 0 Å². The standard InChI is InChI=1S/C14H12O3/c15-12-5-3-10(4-6-12)1-2-11-7-13(16)9-14(17)8-11/h1-9,15-17H/i2D,7D,8D,9D. The zero-order valence-corrected chi connectivity index (χ0v) is 8.73. The fraction of sp³-hybridized carbons (Fsp3) is 0. The lowest BCUT2D eigenvalue weighted by Crippen LogP contribution is -1.74. The molecule has 0 spiro atoms. The van der Waals surface area contributed by atoms with E-state index < -0.39 is 29.6 Å². The van der Waals surface area contributed by atoms with E-state index in [4.69, 9.17) is 5.48 Å². The van der Waals surface area contributed by atoms with Crippen LogP contribution in [0.1, 0.15) is 16.6 Å². The zero-order chi connectivity index (χ0) is 15.7. The van der Waals surface area contributed by atoms with Gasteiger partial charge in [0.1, 0.15) is 17.2 Å². The van der Waals surface area contributed by atoms with Crippen molar-refractivity contribution in [3.05, 3.63) is 53.5 Å². The van der Waals surface area contributed by atoms with E-state index >= 15 is 0 Å². The van der Waals surface area contributed by atoms with Gasteiger partial charge in [-0.1, -0.05) is 24.3 Å². The van der Waals surface area contributed by atoms with Crippen molar-refractivity contribution in [2.24, 2.45) is 0 Å². The molecule has 3 nitrogen and oxygen atoms in total. The first kappa shape index (κ1) is 7.01. The minimum absolute atomic E-state index is 0.0647. The Morgan fingerprint density at radius 1 is 0.824 bits per heavy atom. The van der Waals surface area contributed by atoms with Crippen LogP contribution in [0.3, 0.4) is 0 Å². The van der Waals surface area contributed by atoms with E-state index in [1.807, 2.05) is 0 Å². The molecule has 0 fully saturated rings. The lowest BCUT2D eigenvalue weighted by atomic mass is 10.1. The topological polar surface area (TPSA) is 60.7 Å². The summed E-state index contributed by atoms with van der Waals surface area (Å²) in [5, 5.41) is 28.3. The Labute approximate surface area is 105 Å². The third-order valence-corrected chi connectivity index (χ3v) is 2.00. The second kappa shape index (κ2) is 4.61. The van der Waals surface area contributed by atoms with Crippen molar-refractivity contribution in [2.75, 3.05) is 0 Å². The van der Waals surface area contributed by atoms with E-state index in [0.717, 1.165) is 0 Å². The molecular weight excluding hydrogens is 216 g/mol. The summed E-state index contributed by atoms with van der Waals surface area (Å²) in [6, 6.07) is 3.85. The number of rotatable bonds is 2. The first-order valence-corrected chi connectivity index (χ1v) is 4.82. The van der Waals surface area contributed by atoms with Gasteiger partial charge >= 0.3 is 0 Å². The maximum atomic E-state index is 9.58. The summed E-state index contributed by atoms with van der Waals surface area (Å²) < 4.78 is 30.7. The molecule has 0 bridgehead atoms. The van der Waals surface area contributed by atoms with E-state index in [2.05, 4.69) is 0 Å². The number of aromatic hydroxyl groups is 3. The van der Waals surface area contributed by atoms with E-state index in [9.17, 15) is 15.3 Å². The molecule has 2 rings (SSSR count). The average Bonchev–Trinajstić information content (AvgIpc) is 2.46. The predicted octanol–water partition coefficient (Wildman–Crippen LogP) is 2.97. The summed E-state index contributed by atoms with van der Waals surface area (Å²) in [5.41, 5.74) is 0.277. The van der Waals surface area contributed by atoms with Gasteiger partial charge in [-0.05, 0) is 35.3 Å². The number of hydrogen-bond donors (Lipinski definition) is 3. The molecule has 3 heteroatoms. The highest BCUT2D eigenvalue weighted by molar-refractivity contribution is 5.71. The lowest BCUT2D eigenvalue weighted by Gasteiger charge is -1.98. The van der Waals surface area contributed by atoms with Crippen molar-refractivity contribution in [2.45, 2.75) is 0 Å². The largest absolute Gasteiger partial charge is 0.508 e. The summed E-state index contributed by atoms with van der Waals surface area (Å²) in [6.07, 6.45) is 1.33. The Hall–Kier alpha value is -2.42. The highest BCUT2D eigenvalue weighted by Gasteiger charge is 1.95. The SMILES string of the molecule is [2H]C(=Cc1ccc(O)cc1)c1c([2H])c(O)c([2H])c(O)c1[2H]. The van der Waals surface area contributed by atoms with Gasteiger partial charge in [0.25, 0.3) is 0 Å². The van der Waals surface area contributed by atoms with Crippen LogP contribution in [0, 0.1) is 0 Å². The van der Waals surface area contributed by atoms with Gasteiger partial charge in [0.05, 0.1) is 5.48 Å². The molecule has 2 aromatic carbocycles. The molecule has 0 atom stereocenters. The Morgan fingerprint density at radius 3 is 2.00 bits per heavy atom. The van der Waals surface area contributed by atoms with Crippen LogP contribution in [0.15, 0.2) is 42.4 Å². The molecule has 0 aliphatic rings. The minimum atomic E-state index is -0.776. The predicted molar refractivity (Wildman–Crippen MR) is 66.8 cm³/mol. The second-order valence-electron chi connectivity index (χ2n) is 3.33. The Kier molecular flexibility index (Phi) is 1.90. The molecule has 0 amide bonds. The number of phenols is 3. The quantitative estimate of drug-likeness (QED) is 0.697. The van der Waals surface area contributed by atoms with Gasteiger partial charge in [0.15, 0.2) is 0 Å². The highest BCUT2D eigenvalue weighted by atomic mass is 16.3. The Morgan fingerprint density at radius 2 is 1.41 bits per heavy atom. The molecule has 0 saturated heterocycles. The first-order chi connectivity index (χ1) is 9.82. The summed E-state index contributed by atoms with van der Waals surface area (Å²) in [4.78, 5) is 0. The molecular formula is C14H12O3. The maximum Gasteiger partial charge on any atom is 0.119 e. The molecule has 86 valence electrons. The summed E-state index contributed by atoms with van der Waals surface area (Å²) in [7, 11) is 0. The van der Waals surface area contributed by atoms with Crippen LogP contribution in [0.2, 0.25) is 0 Å². The summed E-state index contributed by atoms with van der Waals surface area (Å²) >= 11 is 0. The van der Waals surface area contributed by atoms with Crippen molar-refractivity contribution in [3.63, 3.8) is 0 Å². The summed E-state index contributed by atoms with van der Waals surface area (Å²) in [6.45, 7) is 0. The molecule has 3 N–H and O–H groups in total. The third kappa shape index (κ3) is 3.01. The fourth-order valence-corrected chi connectivity index (χ4v) is 1.24. The second-order valence-corrected chi connectivity index (χ2v) is 3.33. The van der Waals surface area contributed by atoms with Gasteiger partial charge in [-0.25, -0.2) is 0 Å². The Balaban J connectivity index is 2.58. The van der Waals surface area contributed by atoms with Gasteiger partial charge in [-0.15, -0.1) is 0 Å². The van der Waals surface area contributed by atoms with Crippen LogP contribution in [0.25, 0.3) is 12.1 Å². The van der Waals surface area contributed by atoms with Gasteiger partial charge in [-0.3, -0.25) is 0 Å². The molecule has 0 heterocycles. The van der Waals surface area contributed by atoms with Crippen molar-refractivity contribution >= 4 is 12.1 Å². The molecule has 0 radical (unpaired) electrons. The number of hydrogen-bond acceptors (Lipinski definition) is 3. The van der Waals surface area contributed by atoms with Crippen LogP contribution < -0.4 is 0 Å². The smallest absolute Gasteiger partial charge is 0.119 e. The normalized spacial score (nSPS) is 14.7. The van der Waals surface area contributed by atoms with Crippen LogP contribution in [0.5, 0.6) is 17.2 Å². The monoisotopic (exact) mass is 232 g/mol. The minimum Gasteiger partial charge on any atom is -0.508 e. The van der Waals surface area contributed by atoms with E-state index in [1.54, 1.807) is 0 Å². The van der Waals surface area contributed by atoms with E-state index in [0.29, 0.717) is 5.56 Å². The molecule has 2 aromatic rings. The third-order valence-electron chi connectivity index (χ3n) is 2.00. The maximum absolute atomic E-state index is 9.58. The van der Waals surface area contributed by atoms with Crippen molar-refractivity contribution in [3.8, 4) is 17.2 Å². The van der Waals surface area contributed by atoms with Gasteiger partial charge in [-0.2, -0.15) is 0 Å². The molecule has 0 aliphatic heterocycles. The van der Waals surface area contributed by atoms with Gasteiger partial charge in [0, 0.05) is 6.04 Å². The lowest BCUT2D eigenvalue weighted by molar-refractivity contribution is 0.450. The van der Waals surface area contributed by atoms with Crippen molar-refractivity contribution < 1.29 is 20.8 Å². The first-order valence-electron chi connectivity index (χ1n) is 6.82. The summed E-state index contributed by atoms with van der Waals surface area (Å²) in [5.74, 6) is -1.49. The van der Waals surface area contributed by atoms with Gasteiger partial charge in [0.2, 0.25) is 0 Å². The van der Waals surface area contributed by atoms with Crippen LogP contribution in [-0.4, -0.2) is 15.3 Å². The Bertz CT molecular complexity index is 695. The molecule has 0 unspecified atom stereocenters. The molecule has 0 aliphatic carbocycles. The van der Waals surface area contributed by atoms with Crippen LogP contribution in [-0.2, 0) is 0 Å². The number of phenolic OH excluding ortho intramolecular Hbond substituents is 3. The van der Waals surface area contributed by atoms with Crippen molar-refractivity contribution in [1.29, 1.82) is 0 Å². The average molecular weight is 232 g/mol.